The van der Waals surface area contributed by atoms with Gasteiger partial charge in [0.25, 0.3) is 0 Å². The van der Waals surface area contributed by atoms with Gasteiger partial charge in [0.05, 0.1) is 17.5 Å². The zero-order valence-corrected chi connectivity index (χ0v) is 11.7. The van der Waals surface area contributed by atoms with Gasteiger partial charge in [-0.1, -0.05) is 24.3 Å². The summed E-state index contributed by atoms with van der Waals surface area (Å²) < 4.78 is 0.789. The van der Waals surface area contributed by atoms with E-state index >= 15 is 0 Å². The summed E-state index contributed by atoms with van der Waals surface area (Å²) in [5.41, 5.74) is 0.673. The molecule has 2 bridgehead atoms. The number of nitrogens with zero attached hydrogens (tertiary/aromatic N) is 1. The molecule has 96 valence electrons. The highest BCUT2D eigenvalue weighted by molar-refractivity contribution is 9.10. The van der Waals surface area contributed by atoms with E-state index in [-0.39, 0.29) is 35.5 Å². The minimum Gasteiger partial charge on any atom is -0.274 e. The Hall–Kier alpha value is -1.42. The maximum Gasteiger partial charge on any atom is 0.238 e. The highest BCUT2D eigenvalue weighted by Crippen LogP contribution is 2.53. The molecule has 0 spiro atoms. The van der Waals surface area contributed by atoms with Crippen LogP contribution in [-0.4, -0.2) is 11.8 Å². The van der Waals surface area contributed by atoms with Gasteiger partial charge < -0.3 is 0 Å². The van der Waals surface area contributed by atoms with E-state index in [0.29, 0.717) is 5.69 Å². The van der Waals surface area contributed by atoms with Gasteiger partial charge in [-0.15, -0.1) is 0 Å². The molecule has 3 nitrogen and oxygen atoms in total. The number of benzene rings is 1. The lowest BCUT2D eigenvalue weighted by Gasteiger charge is -2.18. The molecule has 0 unspecified atom stereocenters. The fraction of sp³-hybridized carbons (Fsp3) is 0.333. The summed E-state index contributed by atoms with van der Waals surface area (Å²) in [5, 5.41) is 0. The lowest BCUT2D eigenvalue weighted by atomic mass is 9.85. The van der Waals surface area contributed by atoms with Crippen LogP contribution in [0.15, 0.2) is 40.9 Å². The molecule has 1 aromatic rings. The van der Waals surface area contributed by atoms with Gasteiger partial charge in [0, 0.05) is 4.47 Å². The zero-order chi connectivity index (χ0) is 13.1. The van der Waals surface area contributed by atoms with Crippen LogP contribution in [0, 0.1) is 23.7 Å². The Kier molecular flexibility index (Phi) is 2.28. The number of halogens is 1. The monoisotopic (exact) mass is 317 g/mol. The lowest BCUT2D eigenvalue weighted by Crippen LogP contribution is -2.33. The third kappa shape index (κ3) is 1.38. The van der Waals surface area contributed by atoms with Gasteiger partial charge >= 0.3 is 0 Å². The Morgan fingerprint density at radius 1 is 1.00 bits per heavy atom. The van der Waals surface area contributed by atoms with E-state index < -0.39 is 0 Å². The maximum absolute atomic E-state index is 12.6. The van der Waals surface area contributed by atoms with Crippen molar-refractivity contribution in [3.8, 4) is 0 Å². The Balaban J connectivity index is 1.79. The number of allylic oxidation sites excluding steroid dienone is 2. The van der Waals surface area contributed by atoms with Gasteiger partial charge in [-0.25, -0.2) is 4.90 Å². The third-order valence-corrected chi connectivity index (χ3v) is 5.23. The van der Waals surface area contributed by atoms with Crippen LogP contribution in [0.25, 0.3) is 0 Å². The molecule has 3 aliphatic rings. The van der Waals surface area contributed by atoms with Crippen LogP contribution in [0.5, 0.6) is 0 Å². The van der Waals surface area contributed by atoms with Gasteiger partial charge in [0.15, 0.2) is 0 Å². The smallest absolute Gasteiger partial charge is 0.238 e. The molecule has 0 aromatic heterocycles. The molecule has 1 aromatic carbocycles. The van der Waals surface area contributed by atoms with Gasteiger partial charge in [0.2, 0.25) is 11.8 Å². The zero-order valence-electron chi connectivity index (χ0n) is 10.1. The fourth-order valence-electron chi connectivity index (χ4n) is 3.77. The summed E-state index contributed by atoms with van der Waals surface area (Å²) in [6.45, 7) is 0. The Labute approximate surface area is 119 Å². The molecule has 4 atom stereocenters. The summed E-state index contributed by atoms with van der Waals surface area (Å²) in [4.78, 5) is 26.6. The van der Waals surface area contributed by atoms with E-state index in [1.807, 2.05) is 24.3 Å². The van der Waals surface area contributed by atoms with E-state index in [2.05, 4.69) is 28.1 Å². The predicted octanol–water partition coefficient (Wildman–Crippen LogP) is 2.76. The average Bonchev–Trinajstić information content (AvgIpc) is 3.06. The maximum atomic E-state index is 12.6. The minimum atomic E-state index is -0.130. The summed E-state index contributed by atoms with van der Waals surface area (Å²) in [5.74, 6) is 0.208. The quantitative estimate of drug-likeness (QED) is 0.590. The predicted molar refractivity (Wildman–Crippen MR) is 74.4 cm³/mol. The van der Waals surface area contributed by atoms with E-state index in [9.17, 15) is 9.59 Å². The number of imide groups is 1. The Morgan fingerprint density at radius 2 is 1.58 bits per heavy atom. The third-order valence-electron chi connectivity index (χ3n) is 4.56. The van der Waals surface area contributed by atoms with Crippen LogP contribution >= 0.6 is 15.9 Å². The number of hydrogen-bond donors (Lipinski definition) is 0. The van der Waals surface area contributed by atoms with Crippen LogP contribution in [0.2, 0.25) is 0 Å². The average molecular weight is 318 g/mol. The first-order valence-electron chi connectivity index (χ1n) is 6.49. The second-order valence-corrected chi connectivity index (χ2v) is 6.32. The molecule has 2 aliphatic carbocycles. The normalized spacial score (nSPS) is 35.3. The van der Waals surface area contributed by atoms with Gasteiger partial charge in [-0.2, -0.15) is 0 Å². The van der Waals surface area contributed by atoms with Crippen molar-refractivity contribution in [1.29, 1.82) is 0 Å². The van der Waals surface area contributed by atoms with Crippen molar-refractivity contribution in [1.82, 2.24) is 0 Å². The van der Waals surface area contributed by atoms with Crippen molar-refractivity contribution in [3.05, 3.63) is 40.9 Å². The van der Waals surface area contributed by atoms with Crippen molar-refractivity contribution in [2.45, 2.75) is 6.42 Å². The van der Waals surface area contributed by atoms with Crippen LogP contribution in [0.4, 0.5) is 5.69 Å². The van der Waals surface area contributed by atoms with E-state index in [1.165, 1.54) is 4.90 Å². The first kappa shape index (κ1) is 11.4. The number of fused-ring (bicyclic) bond motifs is 5. The number of carbonyl (C=O) groups excluding carboxylic acids is 2. The van der Waals surface area contributed by atoms with Crippen molar-refractivity contribution < 1.29 is 9.59 Å². The summed E-state index contributed by atoms with van der Waals surface area (Å²) in [6.07, 6.45) is 5.19. The highest BCUT2D eigenvalue weighted by Gasteiger charge is 2.59. The fourth-order valence-corrected chi connectivity index (χ4v) is 4.23. The molecule has 4 heteroatoms. The number of para-hydroxylation sites is 1. The van der Waals surface area contributed by atoms with Crippen LogP contribution < -0.4 is 4.90 Å². The van der Waals surface area contributed by atoms with Gasteiger partial charge in [0.1, 0.15) is 0 Å². The largest absolute Gasteiger partial charge is 0.274 e. The molecule has 2 fully saturated rings. The molecule has 2 amide bonds. The summed E-state index contributed by atoms with van der Waals surface area (Å²) in [7, 11) is 0. The number of carbonyl (C=O) groups is 2. The van der Waals surface area contributed by atoms with E-state index in [4.69, 9.17) is 0 Å². The van der Waals surface area contributed by atoms with Crippen LogP contribution in [0.3, 0.4) is 0 Å². The topological polar surface area (TPSA) is 37.4 Å². The highest BCUT2D eigenvalue weighted by atomic mass is 79.9. The van der Waals surface area contributed by atoms with Crippen molar-refractivity contribution in [2.24, 2.45) is 23.7 Å². The van der Waals surface area contributed by atoms with Crippen molar-refractivity contribution >= 4 is 33.4 Å². The minimum absolute atomic E-state index is 0.0289. The van der Waals surface area contributed by atoms with Crippen LogP contribution in [0.1, 0.15) is 6.42 Å². The Bertz CT molecular complexity index is 594. The molecular formula is C15H12BrNO2. The molecule has 1 saturated heterocycles. The molecule has 0 N–H and O–H groups in total. The Morgan fingerprint density at radius 3 is 2.16 bits per heavy atom. The number of hydrogen-bond acceptors (Lipinski definition) is 2. The summed E-state index contributed by atoms with van der Waals surface area (Å²) >= 11 is 3.43. The van der Waals surface area contributed by atoms with Crippen molar-refractivity contribution in [3.63, 3.8) is 0 Å². The summed E-state index contributed by atoms with van der Waals surface area (Å²) in [6, 6.07) is 7.40. The van der Waals surface area contributed by atoms with Crippen LogP contribution in [-0.2, 0) is 9.59 Å². The number of amides is 2. The lowest BCUT2D eigenvalue weighted by molar-refractivity contribution is -0.123. The van der Waals surface area contributed by atoms with Gasteiger partial charge in [-0.05, 0) is 46.3 Å². The second-order valence-electron chi connectivity index (χ2n) is 5.46. The first-order chi connectivity index (χ1) is 9.18. The first-order valence-corrected chi connectivity index (χ1v) is 7.28. The number of rotatable bonds is 1. The van der Waals surface area contributed by atoms with Gasteiger partial charge in [-0.3, -0.25) is 9.59 Å². The second kappa shape index (κ2) is 3.79. The molecule has 19 heavy (non-hydrogen) atoms. The van der Waals surface area contributed by atoms with E-state index in [0.717, 1.165) is 10.9 Å². The van der Waals surface area contributed by atoms with Crippen molar-refractivity contribution in [2.75, 3.05) is 4.90 Å². The molecular weight excluding hydrogens is 306 g/mol. The SMILES string of the molecule is O=C1[C@@H]2[C@@H](C(=O)N1c1ccccc1Br)[C@H]1C=C[C@H]2C1. The molecule has 4 rings (SSSR count). The molecule has 1 heterocycles. The molecule has 1 saturated carbocycles. The number of anilines is 1. The van der Waals surface area contributed by atoms with E-state index in [1.54, 1.807) is 0 Å². The molecule has 0 radical (unpaired) electrons. The standard InChI is InChI=1S/C15H12BrNO2/c16-10-3-1-2-4-11(10)17-14(18)12-8-5-6-9(7-8)13(12)15(17)19/h1-6,8-9,12-13H,7H2/t8-,9-,12-,13-/m0/s1. The molecule has 1 aliphatic heterocycles.